The molecule has 0 bridgehead atoms. The van der Waals surface area contributed by atoms with Crippen molar-refractivity contribution < 1.29 is 18.9 Å². The molecule has 0 aliphatic carbocycles. The van der Waals surface area contributed by atoms with Gasteiger partial charge in [-0.1, -0.05) is 60.7 Å². The average molecular weight is 406 g/mol. The number of halogens is 1. The van der Waals surface area contributed by atoms with Crippen LogP contribution < -0.4 is 15.5 Å². The van der Waals surface area contributed by atoms with Crippen LogP contribution in [0.2, 0.25) is 0 Å². The highest BCUT2D eigenvalue weighted by Crippen LogP contribution is 2.21. The zero-order chi connectivity index (χ0) is 21.3. The lowest BCUT2D eigenvalue weighted by Crippen LogP contribution is -3.11. The summed E-state index contributed by atoms with van der Waals surface area (Å²) in [5.41, 5.74) is 2.50. The van der Waals surface area contributed by atoms with Gasteiger partial charge in [0, 0.05) is 5.69 Å². The van der Waals surface area contributed by atoms with Crippen molar-refractivity contribution >= 4 is 17.5 Å². The lowest BCUT2D eigenvalue weighted by atomic mass is 9.99. The molecule has 0 saturated carbocycles. The van der Waals surface area contributed by atoms with Crippen LogP contribution in [0.1, 0.15) is 17.2 Å². The molecular formula is C24H25FN3O2+. The molecule has 0 aliphatic heterocycles. The van der Waals surface area contributed by atoms with E-state index in [0.29, 0.717) is 5.69 Å². The third-order valence-corrected chi connectivity index (χ3v) is 4.62. The number of hydrogen-bond donors (Lipinski definition) is 3. The van der Waals surface area contributed by atoms with Crippen molar-refractivity contribution in [3.8, 4) is 0 Å². The first-order valence-electron chi connectivity index (χ1n) is 9.77. The SMILES string of the molecule is C[NH+](CC(=O)Nc1ccc(F)cc1)CC(=O)NC(c1ccccc1)c1ccccc1. The first kappa shape index (κ1) is 21.2. The van der Waals surface area contributed by atoms with Gasteiger partial charge >= 0.3 is 0 Å². The number of quaternary nitrogens is 1. The maximum Gasteiger partial charge on any atom is 0.279 e. The third-order valence-electron chi connectivity index (χ3n) is 4.62. The molecule has 3 rings (SSSR count). The molecule has 2 amide bonds. The van der Waals surface area contributed by atoms with E-state index >= 15 is 0 Å². The Balaban J connectivity index is 1.58. The number of amides is 2. The molecule has 0 aliphatic rings. The maximum absolute atomic E-state index is 13.0. The van der Waals surface area contributed by atoms with Gasteiger partial charge in [0.25, 0.3) is 11.8 Å². The molecule has 0 radical (unpaired) electrons. The summed E-state index contributed by atoms with van der Waals surface area (Å²) in [5.74, 6) is -0.756. The van der Waals surface area contributed by atoms with E-state index in [1.54, 1.807) is 7.05 Å². The van der Waals surface area contributed by atoms with Gasteiger partial charge in [0.2, 0.25) is 0 Å². The Hall–Kier alpha value is -3.51. The van der Waals surface area contributed by atoms with Gasteiger partial charge in [-0.05, 0) is 35.4 Å². The zero-order valence-corrected chi connectivity index (χ0v) is 16.8. The highest BCUT2D eigenvalue weighted by atomic mass is 19.1. The molecule has 1 atom stereocenters. The van der Waals surface area contributed by atoms with E-state index in [-0.39, 0.29) is 36.8 Å². The third kappa shape index (κ3) is 6.25. The van der Waals surface area contributed by atoms with Crippen molar-refractivity contribution in [2.75, 3.05) is 25.5 Å². The molecule has 0 aromatic heterocycles. The average Bonchev–Trinajstić information content (AvgIpc) is 2.74. The number of carbonyl (C=O) groups is 2. The number of anilines is 1. The molecule has 3 aromatic rings. The Morgan fingerprint density at radius 2 is 1.30 bits per heavy atom. The number of likely N-dealkylation sites (N-methyl/N-ethyl adjacent to an activating group) is 1. The van der Waals surface area contributed by atoms with Gasteiger partial charge in [0.1, 0.15) is 5.82 Å². The molecule has 0 spiro atoms. The Morgan fingerprint density at radius 3 is 1.83 bits per heavy atom. The van der Waals surface area contributed by atoms with Crippen LogP contribution in [0.25, 0.3) is 0 Å². The molecule has 30 heavy (non-hydrogen) atoms. The second-order valence-corrected chi connectivity index (χ2v) is 7.19. The number of nitrogens with one attached hydrogen (secondary N) is 3. The number of rotatable bonds is 8. The predicted molar refractivity (Wildman–Crippen MR) is 115 cm³/mol. The van der Waals surface area contributed by atoms with E-state index in [4.69, 9.17) is 0 Å². The molecule has 6 heteroatoms. The van der Waals surface area contributed by atoms with Gasteiger partial charge in [-0.25, -0.2) is 4.39 Å². The molecule has 3 aromatic carbocycles. The monoisotopic (exact) mass is 406 g/mol. The maximum atomic E-state index is 13.0. The largest absolute Gasteiger partial charge is 0.340 e. The van der Waals surface area contributed by atoms with Crippen molar-refractivity contribution in [1.82, 2.24) is 5.32 Å². The van der Waals surface area contributed by atoms with Crippen molar-refractivity contribution in [2.24, 2.45) is 0 Å². The molecule has 0 fully saturated rings. The lowest BCUT2D eigenvalue weighted by Gasteiger charge is -2.21. The predicted octanol–water partition coefficient (Wildman–Crippen LogP) is 2.18. The molecule has 0 saturated heterocycles. The van der Waals surface area contributed by atoms with Gasteiger partial charge in [-0.15, -0.1) is 0 Å². The summed E-state index contributed by atoms with van der Waals surface area (Å²) >= 11 is 0. The fourth-order valence-electron chi connectivity index (χ4n) is 3.21. The first-order chi connectivity index (χ1) is 14.5. The molecule has 0 heterocycles. The van der Waals surface area contributed by atoms with Gasteiger partial charge in [0.05, 0.1) is 13.1 Å². The minimum atomic E-state index is -0.362. The molecule has 1 unspecified atom stereocenters. The Kier molecular flexibility index (Phi) is 7.29. The lowest BCUT2D eigenvalue weighted by molar-refractivity contribution is -0.862. The molecular weight excluding hydrogens is 381 g/mol. The highest BCUT2D eigenvalue weighted by Gasteiger charge is 2.20. The van der Waals surface area contributed by atoms with Crippen LogP contribution in [-0.4, -0.2) is 32.0 Å². The summed E-state index contributed by atoms with van der Waals surface area (Å²) in [7, 11) is 1.78. The van der Waals surface area contributed by atoms with Crippen LogP contribution in [0.4, 0.5) is 10.1 Å². The summed E-state index contributed by atoms with van der Waals surface area (Å²) in [5, 5.41) is 5.78. The molecule has 5 nitrogen and oxygen atoms in total. The van der Waals surface area contributed by atoms with Crippen molar-refractivity contribution in [3.05, 3.63) is 102 Å². The van der Waals surface area contributed by atoms with Crippen molar-refractivity contribution in [2.45, 2.75) is 6.04 Å². The summed E-state index contributed by atoms with van der Waals surface area (Å²) in [4.78, 5) is 25.6. The quantitative estimate of drug-likeness (QED) is 0.537. The van der Waals surface area contributed by atoms with Crippen LogP contribution >= 0.6 is 0 Å². The molecule has 3 N–H and O–H groups in total. The van der Waals surface area contributed by atoms with Crippen LogP contribution in [0.5, 0.6) is 0 Å². The van der Waals surface area contributed by atoms with E-state index in [2.05, 4.69) is 10.6 Å². The van der Waals surface area contributed by atoms with Crippen LogP contribution in [0.15, 0.2) is 84.9 Å². The summed E-state index contributed by atoms with van der Waals surface area (Å²) in [6, 6.07) is 24.8. The normalized spacial score (nSPS) is 11.7. The summed E-state index contributed by atoms with van der Waals surface area (Å²) in [6.07, 6.45) is 0. The Morgan fingerprint density at radius 1 is 0.800 bits per heavy atom. The van der Waals surface area contributed by atoms with Crippen LogP contribution in [0, 0.1) is 5.82 Å². The fraction of sp³-hybridized carbons (Fsp3) is 0.167. The van der Waals surface area contributed by atoms with Gasteiger partial charge in [-0.3, -0.25) is 9.59 Å². The Bertz CT molecular complexity index is 923. The second-order valence-electron chi connectivity index (χ2n) is 7.19. The van der Waals surface area contributed by atoms with E-state index < -0.39 is 0 Å². The van der Waals surface area contributed by atoms with E-state index in [0.717, 1.165) is 16.0 Å². The first-order valence-corrected chi connectivity index (χ1v) is 9.77. The fourth-order valence-corrected chi connectivity index (χ4v) is 3.21. The zero-order valence-electron chi connectivity index (χ0n) is 16.8. The topological polar surface area (TPSA) is 62.6 Å². The van der Waals surface area contributed by atoms with E-state index in [1.165, 1.54) is 24.3 Å². The minimum absolute atomic E-state index is 0.117. The van der Waals surface area contributed by atoms with Gasteiger partial charge in [0.15, 0.2) is 13.1 Å². The number of carbonyl (C=O) groups excluding carboxylic acids is 2. The van der Waals surface area contributed by atoms with Crippen molar-refractivity contribution in [1.29, 1.82) is 0 Å². The van der Waals surface area contributed by atoms with Gasteiger partial charge < -0.3 is 15.5 Å². The van der Waals surface area contributed by atoms with E-state index in [1.807, 2.05) is 60.7 Å². The minimum Gasteiger partial charge on any atom is -0.340 e. The highest BCUT2D eigenvalue weighted by molar-refractivity contribution is 5.91. The van der Waals surface area contributed by atoms with E-state index in [9.17, 15) is 14.0 Å². The van der Waals surface area contributed by atoms with Crippen molar-refractivity contribution in [3.63, 3.8) is 0 Å². The summed E-state index contributed by atoms with van der Waals surface area (Å²) in [6.45, 7) is 0.263. The Labute approximate surface area is 175 Å². The number of benzene rings is 3. The van der Waals surface area contributed by atoms with Crippen LogP contribution in [-0.2, 0) is 9.59 Å². The van der Waals surface area contributed by atoms with Gasteiger partial charge in [-0.2, -0.15) is 0 Å². The summed E-state index contributed by atoms with van der Waals surface area (Å²) < 4.78 is 13.0. The smallest absolute Gasteiger partial charge is 0.279 e. The number of hydrogen-bond acceptors (Lipinski definition) is 2. The molecule has 154 valence electrons. The van der Waals surface area contributed by atoms with Crippen LogP contribution in [0.3, 0.4) is 0 Å². The standard InChI is InChI=1S/C24H24FN3O2/c1-28(16-22(29)26-21-14-12-20(25)13-15-21)17-23(30)27-24(18-8-4-2-5-9-18)19-10-6-3-7-11-19/h2-15,24H,16-17H2,1H3,(H,26,29)(H,27,30)/p+1. The second kappa shape index (κ2) is 10.3.